The van der Waals surface area contributed by atoms with Crippen molar-refractivity contribution in [1.29, 1.82) is 0 Å². The Hall–Kier alpha value is -2.44. The molecule has 0 spiro atoms. The van der Waals surface area contributed by atoms with Crippen LogP contribution in [0.4, 0.5) is 10.5 Å². The van der Waals surface area contributed by atoms with Crippen LogP contribution in [0.1, 0.15) is 10.4 Å². The summed E-state index contributed by atoms with van der Waals surface area (Å²) in [6.45, 7) is 0.890. The average molecular weight is 266 g/mol. The van der Waals surface area contributed by atoms with Crippen molar-refractivity contribution in [2.75, 3.05) is 32.2 Å². The van der Waals surface area contributed by atoms with Gasteiger partial charge in [-0.15, -0.1) is 0 Å². The van der Waals surface area contributed by atoms with E-state index in [0.29, 0.717) is 30.3 Å². The van der Waals surface area contributed by atoms with Crippen LogP contribution in [0.5, 0.6) is 11.5 Å². The maximum Gasteiger partial charge on any atom is 0.337 e. The molecule has 1 fully saturated rings. The molecule has 102 valence electrons. The number of aromatic carboxylic acids is 1. The van der Waals surface area contributed by atoms with E-state index in [9.17, 15) is 14.7 Å². The minimum Gasteiger partial charge on any atom is -0.493 e. The van der Waals surface area contributed by atoms with E-state index in [2.05, 4.69) is 5.32 Å². The molecule has 1 saturated heterocycles. The number of amides is 2. The molecule has 2 N–H and O–H groups in total. The number of hydrogen-bond donors (Lipinski definition) is 2. The normalized spacial score (nSPS) is 14.2. The second-order valence-electron chi connectivity index (χ2n) is 3.91. The fourth-order valence-corrected chi connectivity index (χ4v) is 1.96. The lowest BCUT2D eigenvalue weighted by Gasteiger charge is -2.19. The van der Waals surface area contributed by atoms with Gasteiger partial charge in [-0.25, -0.2) is 9.59 Å². The maximum atomic E-state index is 11.7. The van der Waals surface area contributed by atoms with Crippen LogP contribution < -0.4 is 19.7 Å². The Bertz CT molecular complexity index is 529. The highest BCUT2D eigenvalue weighted by atomic mass is 16.5. The first-order valence-electron chi connectivity index (χ1n) is 5.63. The van der Waals surface area contributed by atoms with Crippen molar-refractivity contribution < 1.29 is 24.2 Å². The summed E-state index contributed by atoms with van der Waals surface area (Å²) in [5.41, 5.74) is 0.287. The highest BCUT2D eigenvalue weighted by molar-refractivity contribution is 6.03. The van der Waals surface area contributed by atoms with Crippen LogP contribution in [0, 0.1) is 0 Å². The summed E-state index contributed by atoms with van der Waals surface area (Å²) in [7, 11) is 2.87. The van der Waals surface area contributed by atoms with E-state index in [1.165, 1.54) is 31.3 Å². The number of benzene rings is 1. The fourth-order valence-electron chi connectivity index (χ4n) is 1.96. The van der Waals surface area contributed by atoms with Crippen LogP contribution in [-0.4, -0.2) is 44.4 Å². The number of methoxy groups -OCH3 is 2. The van der Waals surface area contributed by atoms with Crippen molar-refractivity contribution in [3.63, 3.8) is 0 Å². The number of urea groups is 1. The highest BCUT2D eigenvalue weighted by Crippen LogP contribution is 2.35. The number of rotatable bonds is 4. The van der Waals surface area contributed by atoms with Gasteiger partial charge in [-0.3, -0.25) is 4.90 Å². The molecule has 7 heteroatoms. The Balaban J connectivity index is 2.56. The van der Waals surface area contributed by atoms with Gasteiger partial charge in [0.05, 0.1) is 25.5 Å². The molecule has 0 saturated carbocycles. The van der Waals surface area contributed by atoms with E-state index in [1.807, 2.05) is 0 Å². The molecule has 0 radical (unpaired) electrons. The first-order chi connectivity index (χ1) is 9.08. The van der Waals surface area contributed by atoms with Gasteiger partial charge in [-0.05, 0) is 0 Å². The molecule has 0 unspecified atom stereocenters. The van der Waals surface area contributed by atoms with E-state index < -0.39 is 5.97 Å². The number of carbonyl (C=O) groups is 2. The summed E-state index contributed by atoms with van der Waals surface area (Å²) in [4.78, 5) is 24.3. The van der Waals surface area contributed by atoms with E-state index in [0.717, 1.165) is 0 Å². The molecule has 1 aromatic carbocycles. The summed E-state index contributed by atoms with van der Waals surface area (Å²) < 4.78 is 10.2. The number of carboxylic acid groups (broad SMARTS) is 1. The predicted octanol–water partition coefficient (Wildman–Crippen LogP) is 0.932. The topological polar surface area (TPSA) is 88.1 Å². The van der Waals surface area contributed by atoms with Crippen molar-refractivity contribution in [2.24, 2.45) is 0 Å². The van der Waals surface area contributed by atoms with E-state index in [4.69, 9.17) is 9.47 Å². The molecule has 7 nitrogen and oxygen atoms in total. The number of hydrogen-bond acceptors (Lipinski definition) is 4. The minimum absolute atomic E-state index is 0.00491. The van der Waals surface area contributed by atoms with Crippen molar-refractivity contribution in [1.82, 2.24) is 5.32 Å². The highest BCUT2D eigenvalue weighted by Gasteiger charge is 2.27. The van der Waals surface area contributed by atoms with Gasteiger partial charge in [0.15, 0.2) is 11.5 Å². The van der Waals surface area contributed by atoms with Crippen LogP contribution in [0.15, 0.2) is 12.1 Å². The van der Waals surface area contributed by atoms with Gasteiger partial charge in [0, 0.05) is 25.2 Å². The number of nitrogens with one attached hydrogen (secondary N) is 1. The number of nitrogens with zero attached hydrogens (tertiary/aromatic N) is 1. The number of carbonyl (C=O) groups excluding carboxylic acids is 1. The molecule has 0 atom stereocenters. The maximum absolute atomic E-state index is 11.7. The van der Waals surface area contributed by atoms with Gasteiger partial charge < -0.3 is 19.9 Å². The molecule has 0 bridgehead atoms. The third-order valence-corrected chi connectivity index (χ3v) is 2.88. The average Bonchev–Trinajstić information content (AvgIpc) is 2.83. The quantitative estimate of drug-likeness (QED) is 0.846. The molecular formula is C12H14N2O5. The second kappa shape index (κ2) is 5.05. The molecule has 1 aliphatic rings. The zero-order chi connectivity index (χ0) is 14.0. The molecule has 2 amide bonds. The van der Waals surface area contributed by atoms with Gasteiger partial charge >= 0.3 is 12.0 Å². The predicted molar refractivity (Wildman–Crippen MR) is 67.3 cm³/mol. The molecule has 0 aliphatic carbocycles. The Labute approximate surface area is 109 Å². The SMILES string of the molecule is COc1cc(C(=O)O)c(N2CCNC2=O)cc1OC. The van der Waals surface area contributed by atoms with E-state index in [1.54, 1.807) is 0 Å². The number of anilines is 1. The first kappa shape index (κ1) is 13.0. The van der Waals surface area contributed by atoms with Gasteiger partial charge in [0.1, 0.15) is 0 Å². The lowest BCUT2D eigenvalue weighted by Crippen LogP contribution is -2.29. The first-order valence-corrected chi connectivity index (χ1v) is 5.63. The fraction of sp³-hybridized carbons (Fsp3) is 0.333. The Morgan fingerprint density at radius 1 is 1.32 bits per heavy atom. The van der Waals surface area contributed by atoms with Crippen molar-refractivity contribution >= 4 is 17.7 Å². The number of ether oxygens (including phenoxy) is 2. The van der Waals surface area contributed by atoms with Crippen LogP contribution in [-0.2, 0) is 0 Å². The van der Waals surface area contributed by atoms with Crippen LogP contribution in [0.2, 0.25) is 0 Å². The van der Waals surface area contributed by atoms with Gasteiger partial charge in [0.25, 0.3) is 0 Å². The van der Waals surface area contributed by atoms with Gasteiger partial charge in [-0.2, -0.15) is 0 Å². The summed E-state index contributed by atoms with van der Waals surface area (Å²) in [6.07, 6.45) is 0. The smallest absolute Gasteiger partial charge is 0.337 e. The van der Waals surface area contributed by atoms with E-state index >= 15 is 0 Å². The Morgan fingerprint density at radius 3 is 2.42 bits per heavy atom. The zero-order valence-electron chi connectivity index (χ0n) is 10.6. The molecule has 1 aliphatic heterocycles. The number of carboxylic acids is 1. The summed E-state index contributed by atoms with van der Waals surface area (Å²) in [5, 5.41) is 11.9. The molecule has 1 heterocycles. The third kappa shape index (κ3) is 2.26. The van der Waals surface area contributed by atoms with Gasteiger partial charge in [-0.1, -0.05) is 0 Å². The molecule has 19 heavy (non-hydrogen) atoms. The lowest BCUT2D eigenvalue weighted by molar-refractivity contribution is 0.0697. The van der Waals surface area contributed by atoms with Gasteiger partial charge in [0.2, 0.25) is 0 Å². The van der Waals surface area contributed by atoms with Crippen molar-refractivity contribution in [2.45, 2.75) is 0 Å². The largest absolute Gasteiger partial charge is 0.493 e. The second-order valence-corrected chi connectivity index (χ2v) is 3.91. The molecular weight excluding hydrogens is 252 g/mol. The third-order valence-electron chi connectivity index (χ3n) is 2.88. The van der Waals surface area contributed by atoms with Crippen LogP contribution >= 0.6 is 0 Å². The van der Waals surface area contributed by atoms with Crippen LogP contribution in [0.25, 0.3) is 0 Å². The zero-order valence-corrected chi connectivity index (χ0v) is 10.6. The molecule has 1 aromatic rings. The summed E-state index contributed by atoms with van der Waals surface area (Å²) in [6, 6.07) is 2.52. The summed E-state index contributed by atoms with van der Waals surface area (Å²) in [5.74, 6) is -0.443. The molecule has 2 rings (SSSR count). The van der Waals surface area contributed by atoms with Crippen molar-refractivity contribution in [3.8, 4) is 11.5 Å². The standard InChI is InChI=1S/C12H14N2O5/c1-18-9-5-7(11(15)16)8(6-10(9)19-2)14-4-3-13-12(14)17/h5-6H,3-4H2,1-2H3,(H,13,17)(H,15,16). The van der Waals surface area contributed by atoms with Crippen molar-refractivity contribution in [3.05, 3.63) is 17.7 Å². The Kier molecular flexibility index (Phi) is 3.46. The van der Waals surface area contributed by atoms with Crippen LogP contribution in [0.3, 0.4) is 0 Å². The Morgan fingerprint density at radius 2 is 1.95 bits per heavy atom. The summed E-state index contributed by atoms with van der Waals surface area (Å²) >= 11 is 0. The van der Waals surface area contributed by atoms with E-state index in [-0.39, 0.29) is 11.6 Å². The molecule has 0 aromatic heterocycles. The minimum atomic E-state index is -1.13. The monoisotopic (exact) mass is 266 g/mol. The lowest BCUT2D eigenvalue weighted by atomic mass is 10.1.